The summed E-state index contributed by atoms with van der Waals surface area (Å²) in [6, 6.07) is 5.94. The minimum atomic E-state index is -1.13. The molecule has 2 unspecified atom stereocenters. The summed E-state index contributed by atoms with van der Waals surface area (Å²) in [4.78, 5) is 42.5. The van der Waals surface area contributed by atoms with Gasteiger partial charge in [0.1, 0.15) is 6.04 Å². The number of carbonyl (C=O) groups excluding carboxylic acids is 2. The molecule has 2 aliphatic heterocycles. The molecule has 0 spiro atoms. The van der Waals surface area contributed by atoms with Crippen molar-refractivity contribution < 1.29 is 24.6 Å². The number of rotatable bonds is 5. The Balaban J connectivity index is 1.79. The first kappa shape index (κ1) is 30.2. The van der Waals surface area contributed by atoms with E-state index in [1.807, 2.05) is 60.6 Å². The first-order valence-electron chi connectivity index (χ1n) is 13.6. The van der Waals surface area contributed by atoms with Crippen LogP contribution in [0.4, 0.5) is 4.79 Å². The van der Waals surface area contributed by atoms with E-state index in [2.05, 4.69) is 5.32 Å². The summed E-state index contributed by atoms with van der Waals surface area (Å²) in [6.07, 6.45) is 0.499. The van der Waals surface area contributed by atoms with Crippen LogP contribution in [0.25, 0.3) is 0 Å². The number of carboxylic acid groups (broad SMARTS) is 1. The summed E-state index contributed by atoms with van der Waals surface area (Å²) in [7, 11) is 0. The molecular weight excluding hydrogens is 506 g/mol. The van der Waals surface area contributed by atoms with Gasteiger partial charge < -0.3 is 25.3 Å². The molecule has 0 aliphatic carbocycles. The molecule has 2 heterocycles. The number of nitrogens with zero attached hydrogens (tertiary/aromatic N) is 2. The van der Waals surface area contributed by atoms with E-state index in [-0.39, 0.29) is 17.7 Å². The maximum atomic E-state index is 13.8. The number of carbonyl (C=O) groups is 3. The smallest absolute Gasteiger partial charge is 0.407 e. The molecule has 2 saturated heterocycles. The van der Waals surface area contributed by atoms with Crippen LogP contribution >= 0.6 is 11.6 Å². The van der Waals surface area contributed by atoms with Gasteiger partial charge in [-0.2, -0.15) is 0 Å². The number of halogens is 1. The fourth-order valence-electron chi connectivity index (χ4n) is 6.30. The molecule has 0 aromatic heterocycles. The van der Waals surface area contributed by atoms with E-state index in [4.69, 9.17) is 11.6 Å². The molecule has 1 aromatic carbocycles. The Labute approximate surface area is 231 Å². The first-order valence-corrected chi connectivity index (χ1v) is 13.9. The van der Waals surface area contributed by atoms with Crippen molar-refractivity contribution in [2.75, 3.05) is 19.6 Å². The van der Waals surface area contributed by atoms with Crippen LogP contribution in [0.3, 0.4) is 0 Å². The van der Waals surface area contributed by atoms with Crippen LogP contribution in [0, 0.1) is 22.7 Å². The van der Waals surface area contributed by atoms with Gasteiger partial charge in [-0.25, -0.2) is 4.79 Å². The van der Waals surface area contributed by atoms with Crippen LogP contribution in [0.15, 0.2) is 24.3 Å². The van der Waals surface area contributed by atoms with E-state index in [0.717, 1.165) is 5.56 Å². The zero-order valence-corrected chi connectivity index (χ0v) is 24.5. The van der Waals surface area contributed by atoms with Crippen molar-refractivity contribution >= 4 is 29.5 Å². The molecule has 3 N–H and O–H groups in total. The number of likely N-dealkylation sites (tertiary alicyclic amines) is 2. The molecule has 38 heavy (non-hydrogen) atoms. The van der Waals surface area contributed by atoms with E-state index in [9.17, 15) is 24.6 Å². The Morgan fingerprint density at radius 2 is 1.71 bits per heavy atom. The topological polar surface area (TPSA) is 110 Å². The van der Waals surface area contributed by atoms with Gasteiger partial charge >= 0.3 is 6.09 Å². The molecule has 0 saturated carbocycles. The number of piperidine rings is 2. The fraction of sp³-hybridized carbons (Fsp3) is 0.690. The van der Waals surface area contributed by atoms with E-state index < -0.39 is 40.5 Å². The molecule has 2 fully saturated rings. The summed E-state index contributed by atoms with van der Waals surface area (Å²) < 4.78 is 0. The average Bonchev–Trinajstić information content (AvgIpc) is 2.82. The van der Waals surface area contributed by atoms with Gasteiger partial charge in [-0.15, -0.1) is 0 Å². The van der Waals surface area contributed by atoms with Crippen LogP contribution in [0.5, 0.6) is 0 Å². The highest BCUT2D eigenvalue weighted by molar-refractivity contribution is 6.30. The lowest BCUT2D eigenvalue weighted by atomic mass is 9.66. The number of hydrogen-bond acceptors (Lipinski definition) is 4. The van der Waals surface area contributed by atoms with Crippen molar-refractivity contribution in [3.8, 4) is 0 Å². The summed E-state index contributed by atoms with van der Waals surface area (Å²) in [5.41, 5.74) is -1.46. The van der Waals surface area contributed by atoms with Crippen molar-refractivity contribution in [1.29, 1.82) is 0 Å². The van der Waals surface area contributed by atoms with Gasteiger partial charge in [-0.05, 0) is 48.3 Å². The molecule has 8 nitrogen and oxygen atoms in total. The molecule has 2 aliphatic rings. The highest BCUT2D eigenvalue weighted by atomic mass is 35.5. The Bertz CT molecular complexity index is 1040. The Hall–Kier alpha value is -2.32. The summed E-state index contributed by atoms with van der Waals surface area (Å²) >= 11 is 6.05. The molecule has 3 amide bonds. The van der Waals surface area contributed by atoms with E-state index in [0.29, 0.717) is 43.9 Å². The number of hydrogen-bond donors (Lipinski definition) is 3. The number of benzene rings is 1. The molecule has 212 valence electrons. The second kappa shape index (κ2) is 11.0. The van der Waals surface area contributed by atoms with Crippen LogP contribution in [0.1, 0.15) is 73.3 Å². The maximum Gasteiger partial charge on any atom is 0.407 e. The third kappa shape index (κ3) is 5.96. The lowest BCUT2D eigenvalue weighted by molar-refractivity contribution is -0.157. The van der Waals surface area contributed by atoms with Crippen LogP contribution < -0.4 is 5.32 Å². The number of aliphatic hydroxyl groups is 1. The lowest BCUT2D eigenvalue weighted by Crippen LogP contribution is -2.62. The summed E-state index contributed by atoms with van der Waals surface area (Å²) in [5, 5.41) is 25.1. The Morgan fingerprint density at radius 1 is 1.11 bits per heavy atom. The van der Waals surface area contributed by atoms with Crippen molar-refractivity contribution in [3.63, 3.8) is 0 Å². The van der Waals surface area contributed by atoms with Gasteiger partial charge in [-0.1, -0.05) is 72.2 Å². The van der Waals surface area contributed by atoms with E-state index in [1.165, 1.54) is 4.90 Å². The minimum Gasteiger partial charge on any atom is -0.465 e. The zero-order valence-electron chi connectivity index (χ0n) is 23.8. The van der Waals surface area contributed by atoms with Crippen molar-refractivity contribution in [2.24, 2.45) is 22.7 Å². The second-order valence-electron chi connectivity index (χ2n) is 13.0. The SMILES string of the molecule is CC(C)[C@@H](NC(=O)C1CCCN(C(=O)O)C1C(C)(C)C)C(=O)N1CC[C@](O)(c2ccc(Cl)cc2)C(C)(C)C1. The maximum absolute atomic E-state index is 13.8. The lowest BCUT2D eigenvalue weighted by Gasteiger charge is -2.51. The van der Waals surface area contributed by atoms with Crippen molar-refractivity contribution in [2.45, 2.75) is 85.4 Å². The molecular formula is C29H44ClN3O5. The Kier molecular flexibility index (Phi) is 8.79. The normalized spacial score (nSPS) is 26.7. The van der Waals surface area contributed by atoms with Gasteiger partial charge in [0, 0.05) is 30.1 Å². The standard InChI is InChI=1S/C29H44ClN3O5/c1-18(2)22(31-24(34)21-9-8-15-33(26(36)37)23(21)27(3,4)5)25(35)32-16-14-29(38,28(6,7)17-32)19-10-12-20(30)13-11-19/h10-13,18,21-23,38H,8-9,14-17H2,1-7H3,(H,31,34)(H,36,37)/t21?,22-,23?,29+/m1/s1. The number of nitrogens with one attached hydrogen (secondary N) is 1. The highest BCUT2D eigenvalue weighted by Crippen LogP contribution is 2.46. The predicted molar refractivity (Wildman–Crippen MR) is 148 cm³/mol. The van der Waals surface area contributed by atoms with Crippen LogP contribution in [-0.2, 0) is 15.2 Å². The predicted octanol–water partition coefficient (Wildman–Crippen LogP) is 4.73. The molecule has 9 heteroatoms. The molecule has 3 rings (SSSR count). The van der Waals surface area contributed by atoms with Gasteiger partial charge in [0.25, 0.3) is 0 Å². The number of amides is 3. The Morgan fingerprint density at radius 3 is 2.21 bits per heavy atom. The molecule has 1 aromatic rings. The average molecular weight is 550 g/mol. The molecule has 0 bridgehead atoms. The molecule has 0 radical (unpaired) electrons. The van der Waals surface area contributed by atoms with Gasteiger partial charge in [0.05, 0.1) is 17.6 Å². The third-order valence-corrected chi connectivity index (χ3v) is 8.67. The van der Waals surface area contributed by atoms with E-state index >= 15 is 0 Å². The fourth-order valence-corrected chi connectivity index (χ4v) is 6.42. The second-order valence-corrected chi connectivity index (χ2v) is 13.5. The van der Waals surface area contributed by atoms with Gasteiger partial charge in [-0.3, -0.25) is 9.59 Å². The quantitative estimate of drug-likeness (QED) is 0.492. The minimum absolute atomic E-state index is 0.168. The van der Waals surface area contributed by atoms with E-state index in [1.54, 1.807) is 17.0 Å². The van der Waals surface area contributed by atoms with Gasteiger partial charge in [0.2, 0.25) is 11.8 Å². The zero-order chi connectivity index (χ0) is 28.6. The van der Waals surface area contributed by atoms with Crippen LogP contribution in [0.2, 0.25) is 5.02 Å². The highest BCUT2D eigenvalue weighted by Gasteiger charge is 2.51. The third-order valence-electron chi connectivity index (χ3n) is 8.41. The van der Waals surface area contributed by atoms with Crippen LogP contribution in [-0.4, -0.2) is 69.6 Å². The molecule has 4 atom stereocenters. The summed E-state index contributed by atoms with van der Waals surface area (Å²) in [6.45, 7) is 14.6. The van der Waals surface area contributed by atoms with Crippen molar-refractivity contribution in [3.05, 3.63) is 34.9 Å². The largest absolute Gasteiger partial charge is 0.465 e. The summed E-state index contributed by atoms with van der Waals surface area (Å²) in [5.74, 6) is -1.17. The first-order chi connectivity index (χ1) is 17.5. The monoisotopic (exact) mass is 549 g/mol. The van der Waals surface area contributed by atoms with Crippen molar-refractivity contribution in [1.82, 2.24) is 15.1 Å². The van der Waals surface area contributed by atoms with Gasteiger partial charge in [0.15, 0.2) is 0 Å².